The van der Waals surface area contributed by atoms with Crippen LogP contribution < -0.4 is 10.6 Å². The number of hydrogen-bond acceptors (Lipinski definition) is 5. The van der Waals surface area contributed by atoms with Crippen molar-refractivity contribution in [2.75, 3.05) is 30.4 Å². The summed E-state index contributed by atoms with van der Waals surface area (Å²) in [6, 6.07) is 0. The highest BCUT2D eigenvalue weighted by Crippen LogP contribution is 2.04. The Morgan fingerprint density at radius 2 is 2.22 bits per heavy atom. The van der Waals surface area contributed by atoms with Gasteiger partial charge < -0.3 is 10.6 Å². The summed E-state index contributed by atoms with van der Waals surface area (Å²) in [5, 5.41) is 5.89. The first kappa shape index (κ1) is 14.8. The van der Waals surface area contributed by atoms with Gasteiger partial charge in [0.25, 0.3) is 5.91 Å². The van der Waals surface area contributed by atoms with Crippen LogP contribution in [0.1, 0.15) is 24.3 Å². The third kappa shape index (κ3) is 4.91. The van der Waals surface area contributed by atoms with Gasteiger partial charge in [-0.25, -0.2) is 9.97 Å². The SMILES string of the molecule is CCNc1cnc(C(=O)NCC(C)CSC)cn1. The van der Waals surface area contributed by atoms with E-state index >= 15 is 0 Å². The summed E-state index contributed by atoms with van der Waals surface area (Å²) in [6.07, 6.45) is 5.12. The molecule has 2 N–H and O–H groups in total. The van der Waals surface area contributed by atoms with Crippen LogP contribution in [-0.4, -0.2) is 41.0 Å². The Morgan fingerprint density at radius 3 is 2.78 bits per heavy atom. The largest absolute Gasteiger partial charge is 0.369 e. The normalized spacial score (nSPS) is 11.9. The van der Waals surface area contributed by atoms with E-state index in [4.69, 9.17) is 0 Å². The second-order valence-corrected chi connectivity index (χ2v) is 5.00. The Bertz CT molecular complexity index is 369. The maximum atomic E-state index is 11.8. The highest BCUT2D eigenvalue weighted by Gasteiger charge is 2.09. The Morgan fingerprint density at radius 1 is 1.44 bits per heavy atom. The molecule has 5 nitrogen and oxygen atoms in total. The highest BCUT2D eigenvalue weighted by atomic mass is 32.2. The molecule has 0 bridgehead atoms. The molecule has 0 radical (unpaired) electrons. The molecule has 1 heterocycles. The van der Waals surface area contributed by atoms with Crippen LogP contribution in [0, 0.1) is 5.92 Å². The van der Waals surface area contributed by atoms with Crippen molar-refractivity contribution < 1.29 is 4.79 Å². The minimum Gasteiger partial charge on any atom is -0.369 e. The lowest BCUT2D eigenvalue weighted by molar-refractivity contribution is 0.0944. The van der Waals surface area contributed by atoms with Gasteiger partial charge in [-0.3, -0.25) is 4.79 Å². The highest BCUT2D eigenvalue weighted by molar-refractivity contribution is 7.98. The predicted molar refractivity (Wildman–Crippen MR) is 76.1 cm³/mol. The van der Waals surface area contributed by atoms with E-state index in [9.17, 15) is 4.79 Å². The minimum atomic E-state index is -0.168. The number of carbonyl (C=O) groups excluding carboxylic acids is 1. The van der Waals surface area contributed by atoms with E-state index in [-0.39, 0.29) is 5.91 Å². The molecule has 0 fully saturated rings. The molecule has 1 atom stereocenters. The molecular weight excluding hydrogens is 248 g/mol. The fraction of sp³-hybridized carbons (Fsp3) is 0.583. The predicted octanol–water partition coefficient (Wildman–Crippen LogP) is 1.64. The third-order valence-electron chi connectivity index (χ3n) is 2.30. The number of amides is 1. The van der Waals surface area contributed by atoms with Crippen molar-refractivity contribution in [1.82, 2.24) is 15.3 Å². The van der Waals surface area contributed by atoms with Crippen LogP contribution in [0.2, 0.25) is 0 Å². The lowest BCUT2D eigenvalue weighted by Gasteiger charge is -2.10. The molecule has 0 aliphatic rings. The van der Waals surface area contributed by atoms with E-state index < -0.39 is 0 Å². The van der Waals surface area contributed by atoms with E-state index in [1.54, 1.807) is 18.0 Å². The van der Waals surface area contributed by atoms with Gasteiger partial charge in [0.2, 0.25) is 0 Å². The van der Waals surface area contributed by atoms with Crippen molar-refractivity contribution in [3.05, 3.63) is 18.1 Å². The van der Waals surface area contributed by atoms with Gasteiger partial charge in [0, 0.05) is 13.1 Å². The van der Waals surface area contributed by atoms with Gasteiger partial charge in [-0.05, 0) is 24.9 Å². The number of carbonyl (C=O) groups is 1. The molecule has 0 aliphatic carbocycles. The van der Waals surface area contributed by atoms with Crippen LogP contribution in [0.4, 0.5) is 5.82 Å². The van der Waals surface area contributed by atoms with Crippen LogP contribution in [0.15, 0.2) is 12.4 Å². The zero-order valence-electron chi connectivity index (χ0n) is 11.1. The summed E-state index contributed by atoms with van der Waals surface area (Å²) >= 11 is 1.78. The van der Waals surface area contributed by atoms with Gasteiger partial charge in [-0.2, -0.15) is 11.8 Å². The molecule has 1 amide bonds. The zero-order valence-corrected chi connectivity index (χ0v) is 11.9. The molecule has 0 saturated carbocycles. The first-order valence-corrected chi connectivity index (χ1v) is 7.39. The summed E-state index contributed by atoms with van der Waals surface area (Å²) in [5.74, 6) is 2.01. The van der Waals surface area contributed by atoms with Gasteiger partial charge in [0.05, 0.1) is 12.4 Å². The van der Waals surface area contributed by atoms with Gasteiger partial charge >= 0.3 is 0 Å². The van der Waals surface area contributed by atoms with Crippen LogP contribution in [0.25, 0.3) is 0 Å². The first-order chi connectivity index (χ1) is 8.67. The fourth-order valence-electron chi connectivity index (χ4n) is 1.42. The quantitative estimate of drug-likeness (QED) is 0.787. The number of thioether (sulfide) groups is 1. The summed E-state index contributed by atoms with van der Waals surface area (Å²) in [7, 11) is 0. The van der Waals surface area contributed by atoms with Crippen LogP contribution in [-0.2, 0) is 0 Å². The van der Waals surface area contributed by atoms with Crippen molar-refractivity contribution in [2.24, 2.45) is 5.92 Å². The molecule has 100 valence electrons. The first-order valence-electron chi connectivity index (χ1n) is 6.00. The smallest absolute Gasteiger partial charge is 0.271 e. The summed E-state index contributed by atoms with van der Waals surface area (Å²) in [6.45, 7) is 5.54. The molecule has 18 heavy (non-hydrogen) atoms. The van der Waals surface area contributed by atoms with Gasteiger partial charge in [-0.15, -0.1) is 0 Å². The summed E-state index contributed by atoms with van der Waals surface area (Å²) in [4.78, 5) is 20.0. The molecule has 0 spiro atoms. The summed E-state index contributed by atoms with van der Waals surface area (Å²) < 4.78 is 0. The van der Waals surface area contributed by atoms with E-state index in [1.165, 1.54) is 6.20 Å². The lowest BCUT2D eigenvalue weighted by Crippen LogP contribution is -2.29. The summed E-state index contributed by atoms with van der Waals surface area (Å²) in [5.41, 5.74) is 0.355. The molecule has 0 aromatic carbocycles. The monoisotopic (exact) mass is 268 g/mol. The Hall–Kier alpha value is -1.30. The van der Waals surface area contributed by atoms with Gasteiger partial charge in [0.15, 0.2) is 0 Å². The van der Waals surface area contributed by atoms with Gasteiger partial charge in [0.1, 0.15) is 11.5 Å². The topological polar surface area (TPSA) is 66.9 Å². The number of nitrogens with one attached hydrogen (secondary N) is 2. The molecule has 1 aromatic rings. The van der Waals surface area contributed by atoms with E-state index in [1.807, 2.05) is 6.92 Å². The Kier molecular flexibility index (Phi) is 6.49. The fourth-order valence-corrected chi connectivity index (χ4v) is 2.11. The average molecular weight is 268 g/mol. The lowest BCUT2D eigenvalue weighted by atomic mass is 10.2. The maximum Gasteiger partial charge on any atom is 0.271 e. The van der Waals surface area contributed by atoms with E-state index in [0.29, 0.717) is 24.0 Å². The number of nitrogens with zero attached hydrogens (tertiary/aromatic N) is 2. The molecular formula is C12H20N4OS. The molecule has 1 aromatic heterocycles. The van der Waals surface area contributed by atoms with Crippen LogP contribution in [0.5, 0.6) is 0 Å². The molecule has 0 saturated heterocycles. The number of hydrogen-bond donors (Lipinski definition) is 2. The second kappa shape index (κ2) is 7.92. The van der Waals surface area contributed by atoms with Gasteiger partial charge in [-0.1, -0.05) is 6.92 Å². The number of anilines is 1. The zero-order chi connectivity index (χ0) is 13.4. The Balaban J connectivity index is 2.46. The van der Waals surface area contributed by atoms with Crippen molar-refractivity contribution in [3.8, 4) is 0 Å². The van der Waals surface area contributed by atoms with Crippen molar-refractivity contribution in [1.29, 1.82) is 0 Å². The second-order valence-electron chi connectivity index (χ2n) is 4.09. The van der Waals surface area contributed by atoms with Crippen LogP contribution in [0.3, 0.4) is 0 Å². The molecule has 1 rings (SSSR count). The standard InChI is InChI=1S/C12H20N4OS/c1-4-13-11-7-14-10(6-15-11)12(17)16-5-9(2)8-18-3/h6-7,9H,4-5,8H2,1-3H3,(H,13,15)(H,16,17). The third-order valence-corrected chi connectivity index (χ3v) is 3.21. The van der Waals surface area contributed by atoms with Crippen molar-refractivity contribution in [2.45, 2.75) is 13.8 Å². The van der Waals surface area contributed by atoms with E-state index in [0.717, 1.165) is 12.3 Å². The number of rotatable bonds is 7. The minimum absolute atomic E-state index is 0.168. The van der Waals surface area contributed by atoms with E-state index in [2.05, 4.69) is 33.8 Å². The average Bonchev–Trinajstić information content (AvgIpc) is 2.37. The Labute approximate surface area is 112 Å². The molecule has 6 heteroatoms. The maximum absolute atomic E-state index is 11.8. The van der Waals surface area contributed by atoms with Crippen molar-refractivity contribution >= 4 is 23.5 Å². The van der Waals surface area contributed by atoms with Crippen LogP contribution >= 0.6 is 11.8 Å². The molecule has 1 unspecified atom stereocenters. The molecule has 0 aliphatic heterocycles. The number of aromatic nitrogens is 2. The van der Waals surface area contributed by atoms with Crippen molar-refractivity contribution in [3.63, 3.8) is 0 Å².